The average Bonchev–Trinajstić information content (AvgIpc) is 2.44. The molecule has 1 saturated carbocycles. The molecule has 0 radical (unpaired) electrons. The van der Waals surface area contributed by atoms with Crippen LogP contribution in [-0.2, 0) is 5.54 Å². The fraction of sp³-hybridized carbons (Fsp3) is 0.455. The summed E-state index contributed by atoms with van der Waals surface area (Å²) in [5.74, 6) is 0. The van der Waals surface area contributed by atoms with Gasteiger partial charge in [-0.15, -0.1) is 0 Å². The highest BCUT2D eigenvalue weighted by atomic mass is 16.3. The van der Waals surface area contributed by atoms with Gasteiger partial charge in [-0.25, -0.2) is 0 Å². The van der Waals surface area contributed by atoms with E-state index < -0.39 is 17.7 Å². The van der Waals surface area contributed by atoms with E-state index in [1.54, 1.807) is 0 Å². The Morgan fingerprint density at radius 1 is 1.07 bits per heavy atom. The van der Waals surface area contributed by atoms with Gasteiger partial charge in [0.05, 0.1) is 12.2 Å². The number of aliphatic hydroxyl groups excluding tert-OH is 2. The van der Waals surface area contributed by atoms with Crippen molar-refractivity contribution < 1.29 is 10.2 Å². The molecule has 0 heterocycles. The standard InChI is InChI=1S/C11H15NO2/c12-11(6-9(13)10(14)7-11)8-4-2-1-3-5-8/h1-5,9-10,13-14H,6-7,12H2/t9-,10+,11?. The normalized spacial score (nSPS) is 37.4. The Morgan fingerprint density at radius 2 is 1.57 bits per heavy atom. The topological polar surface area (TPSA) is 66.5 Å². The Kier molecular flexibility index (Phi) is 2.31. The van der Waals surface area contributed by atoms with Crippen molar-refractivity contribution in [2.75, 3.05) is 0 Å². The molecule has 0 spiro atoms. The Hall–Kier alpha value is -0.900. The molecule has 3 nitrogen and oxygen atoms in total. The second-order valence-corrected chi connectivity index (χ2v) is 4.07. The van der Waals surface area contributed by atoms with Crippen LogP contribution in [0.25, 0.3) is 0 Å². The van der Waals surface area contributed by atoms with Crippen LogP contribution in [0, 0.1) is 0 Å². The summed E-state index contributed by atoms with van der Waals surface area (Å²) in [4.78, 5) is 0. The average molecular weight is 193 g/mol. The predicted molar refractivity (Wildman–Crippen MR) is 53.6 cm³/mol. The van der Waals surface area contributed by atoms with Gasteiger partial charge in [-0.1, -0.05) is 30.3 Å². The molecular formula is C11H15NO2. The van der Waals surface area contributed by atoms with Crippen LogP contribution < -0.4 is 5.73 Å². The van der Waals surface area contributed by atoms with Crippen molar-refractivity contribution in [3.63, 3.8) is 0 Å². The van der Waals surface area contributed by atoms with Crippen molar-refractivity contribution in [3.8, 4) is 0 Å². The van der Waals surface area contributed by atoms with Gasteiger partial charge in [0, 0.05) is 5.54 Å². The first-order valence-electron chi connectivity index (χ1n) is 4.82. The Morgan fingerprint density at radius 3 is 2.07 bits per heavy atom. The molecule has 14 heavy (non-hydrogen) atoms. The van der Waals surface area contributed by atoms with Gasteiger partial charge in [0.25, 0.3) is 0 Å². The highest BCUT2D eigenvalue weighted by Gasteiger charge is 2.42. The van der Waals surface area contributed by atoms with Crippen LogP contribution in [-0.4, -0.2) is 22.4 Å². The summed E-state index contributed by atoms with van der Waals surface area (Å²) < 4.78 is 0. The molecule has 0 saturated heterocycles. The quantitative estimate of drug-likeness (QED) is 0.603. The minimum atomic E-state index is -0.694. The fourth-order valence-electron chi connectivity index (χ4n) is 2.11. The second-order valence-electron chi connectivity index (χ2n) is 4.07. The lowest BCUT2D eigenvalue weighted by Crippen LogP contribution is -2.34. The molecule has 0 aliphatic heterocycles. The summed E-state index contributed by atoms with van der Waals surface area (Å²) in [7, 11) is 0. The number of hydrogen-bond acceptors (Lipinski definition) is 3. The first-order chi connectivity index (χ1) is 6.62. The molecule has 1 aliphatic carbocycles. The van der Waals surface area contributed by atoms with Gasteiger partial charge in [-0.05, 0) is 18.4 Å². The molecule has 1 aromatic rings. The van der Waals surface area contributed by atoms with Gasteiger partial charge in [0.2, 0.25) is 0 Å². The molecule has 0 amide bonds. The molecular weight excluding hydrogens is 178 g/mol. The minimum absolute atomic E-state index is 0.429. The summed E-state index contributed by atoms with van der Waals surface area (Å²) >= 11 is 0. The van der Waals surface area contributed by atoms with E-state index in [1.165, 1.54) is 0 Å². The van der Waals surface area contributed by atoms with E-state index in [9.17, 15) is 10.2 Å². The van der Waals surface area contributed by atoms with E-state index in [1.807, 2.05) is 30.3 Å². The molecule has 1 unspecified atom stereocenters. The Bertz CT molecular complexity index is 302. The van der Waals surface area contributed by atoms with E-state index in [4.69, 9.17) is 5.73 Å². The highest BCUT2D eigenvalue weighted by Crippen LogP contribution is 2.36. The minimum Gasteiger partial charge on any atom is -0.390 e. The first kappa shape index (κ1) is 9.65. The molecule has 3 heteroatoms. The summed E-state index contributed by atoms with van der Waals surface area (Å²) in [5, 5.41) is 18.9. The van der Waals surface area contributed by atoms with Crippen molar-refractivity contribution in [1.82, 2.24) is 0 Å². The summed E-state index contributed by atoms with van der Waals surface area (Å²) in [6, 6.07) is 9.63. The molecule has 0 bridgehead atoms. The van der Waals surface area contributed by atoms with Gasteiger partial charge in [-0.3, -0.25) is 0 Å². The number of benzene rings is 1. The lowest BCUT2D eigenvalue weighted by Gasteiger charge is -2.23. The van der Waals surface area contributed by atoms with Crippen LogP contribution >= 0.6 is 0 Å². The van der Waals surface area contributed by atoms with Crippen LogP contribution in [0.15, 0.2) is 30.3 Å². The van der Waals surface area contributed by atoms with E-state index in [-0.39, 0.29) is 0 Å². The summed E-state index contributed by atoms with van der Waals surface area (Å²) in [6.07, 6.45) is -0.531. The van der Waals surface area contributed by atoms with E-state index >= 15 is 0 Å². The molecule has 1 aromatic carbocycles. The van der Waals surface area contributed by atoms with Crippen molar-refractivity contribution >= 4 is 0 Å². The van der Waals surface area contributed by atoms with Gasteiger partial charge >= 0.3 is 0 Å². The maximum Gasteiger partial charge on any atom is 0.0820 e. The zero-order chi connectivity index (χ0) is 10.2. The Balaban J connectivity index is 2.27. The van der Waals surface area contributed by atoms with Gasteiger partial charge in [-0.2, -0.15) is 0 Å². The largest absolute Gasteiger partial charge is 0.390 e. The maximum atomic E-state index is 9.46. The van der Waals surface area contributed by atoms with Crippen LogP contribution in [0.3, 0.4) is 0 Å². The van der Waals surface area contributed by atoms with Crippen molar-refractivity contribution in [2.24, 2.45) is 5.73 Å². The van der Waals surface area contributed by atoms with Crippen molar-refractivity contribution in [3.05, 3.63) is 35.9 Å². The number of nitrogens with two attached hydrogens (primary N) is 1. The first-order valence-corrected chi connectivity index (χ1v) is 4.82. The smallest absolute Gasteiger partial charge is 0.0820 e. The van der Waals surface area contributed by atoms with Crippen LogP contribution in [0.4, 0.5) is 0 Å². The Labute approximate surface area is 83.2 Å². The van der Waals surface area contributed by atoms with Crippen molar-refractivity contribution in [2.45, 2.75) is 30.6 Å². The van der Waals surface area contributed by atoms with E-state index in [0.29, 0.717) is 12.8 Å². The summed E-state index contributed by atoms with van der Waals surface area (Å²) in [6.45, 7) is 0. The SMILES string of the molecule is NC1(c2ccccc2)C[C@@H](O)[C@@H](O)C1. The van der Waals surface area contributed by atoms with E-state index in [2.05, 4.69) is 0 Å². The molecule has 4 N–H and O–H groups in total. The van der Waals surface area contributed by atoms with Crippen LogP contribution in [0.1, 0.15) is 18.4 Å². The molecule has 0 aromatic heterocycles. The van der Waals surface area contributed by atoms with E-state index in [0.717, 1.165) is 5.56 Å². The predicted octanol–water partition coefficient (Wildman–Crippen LogP) is 0.356. The fourth-order valence-corrected chi connectivity index (χ4v) is 2.11. The van der Waals surface area contributed by atoms with Crippen LogP contribution in [0.2, 0.25) is 0 Å². The van der Waals surface area contributed by atoms with Gasteiger partial charge in [0.1, 0.15) is 0 Å². The third-order valence-electron chi connectivity index (χ3n) is 2.94. The lowest BCUT2D eigenvalue weighted by molar-refractivity contribution is 0.0438. The van der Waals surface area contributed by atoms with Crippen molar-refractivity contribution in [1.29, 1.82) is 0 Å². The lowest BCUT2D eigenvalue weighted by atomic mass is 9.89. The molecule has 1 fully saturated rings. The van der Waals surface area contributed by atoms with Gasteiger partial charge in [0.15, 0.2) is 0 Å². The number of rotatable bonds is 1. The zero-order valence-corrected chi connectivity index (χ0v) is 7.93. The molecule has 2 rings (SSSR count). The van der Waals surface area contributed by atoms with Crippen LogP contribution in [0.5, 0.6) is 0 Å². The highest BCUT2D eigenvalue weighted by molar-refractivity contribution is 5.26. The number of aliphatic hydroxyl groups is 2. The zero-order valence-electron chi connectivity index (χ0n) is 7.93. The monoisotopic (exact) mass is 193 g/mol. The second kappa shape index (κ2) is 3.35. The molecule has 76 valence electrons. The molecule has 1 aliphatic rings. The third-order valence-corrected chi connectivity index (χ3v) is 2.94. The third kappa shape index (κ3) is 1.54. The summed E-state index contributed by atoms with van der Waals surface area (Å²) in [5.41, 5.74) is 6.55. The maximum absolute atomic E-state index is 9.46. The van der Waals surface area contributed by atoms with Gasteiger partial charge < -0.3 is 15.9 Å². The molecule has 3 atom stereocenters. The number of hydrogen-bond donors (Lipinski definition) is 3.